The lowest BCUT2D eigenvalue weighted by Crippen LogP contribution is -2.34. The summed E-state index contributed by atoms with van der Waals surface area (Å²) in [6.07, 6.45) is 1.88. The van der Waals surface area contributed by atoms with Crippen LogP contribution in [0.1, 0.15) is 48.1 Å². The van der Waals surface area contributed by atoms with Crippen molar-refractivity contribution in [1.82, 2.24) is 9.62 Å². The average Bonchev–Trinajstić information content (AvgIpc) is 3.23. The molecule has 8 heteroatoms. The summed E-state index contributed by atoms with van der Waals surface area (Å²) < 4.78 is 32.5. The van der Waals surface area contributed by atoms with Gasteiger partial charge in [-0.05, 0) is 49.6 Å². The molecule has 0 aliphatic carbocycles. The van der Waals surface area contributed by atoms with Gasteiger partial charge in [-0.15, -0.1) is 0 Å². The summed E-state index contributed by atoms with van der Waals surface area (Å²) in [5.74, 6) is 0.554. The van der Waals surface area contributed by atoms with Crippen LogP contribution in [0.3, 0.4) is 0 Å². The molecule has 0 spiro atoms. The highest BCUT2D eigenvalue weighted by atomic mass is 32.2. The van der Waals surface area contributed by atoms with Crippen molar-refractivity contribution in [3.05, 3.63) is 59.7 Å². The van der Waals surface area contributed by atoms with Crippen molar-refractivity contribution in [1.29, 1.82) is 0 Å². The van der Waals surface area contributed by atoms with Gasteiger partial charge in [-0.25, -0.2) is 13.1 Å². The Bertz CT molecular complexity index is 1000. The molecule has 1 saturated heterocycles. The van der Waals surface area contributed by atoms with E-state index in [0.29, 0.717) is 12.1 Å². The number of carbonyl (C=O) groups excluding carboxylic acids is 2. The number of ketones is 1. The molecule has 3 rings (SSSR count). The van der Waals surface area contributed by atoms with Crippen LogP contribution in [0.15, 0.2) is 53.4 Å². The van der Waals surface area contributed by atoms with Gasteiger partial charge < -0.3 is 9.64 Å². The van der Waals surface area contributed by atoms with Gasteiger partial charge in [0.2, 0.25) is 15.9 Å². The molecule has 1 aliphatic heterocycles. The minimum absolute atomic E-state index is 0.000798. The number of methoxy groups -OCH3 is 1. The van der Waals surface area contributed by atoms with Crippen LogP contribution in [0.2, 0.25) is 0 Å². The van der Waals surface area contributed by atoms with Crippen LogP contribution in [0.4, 0.5) is 0 Å². The lowest BCUT2D eigenvalue weighted by atomic mass is 10.0. The molecule has 1 fully saturated rings. The summed E-state index contributed by atoms with van der Waals surface area (Å²) in [5.41, 5.74) is 1.50. The van der Waals surface area contributed by atoms with Crippen LogP contribution in [-0.4, -0.2) is 45.2 Å². The molecule has 7 nitrogen and oxygen atoms in total. The number of rotatable bonds is 8. The first kappa shape index (κ1) is 22.0. The van der Waals surface area contributed by atoms with E-state index >= 15 is 0 Å². The number of carbonyl (C=O) groups is 2. The van der Waals surface area contributed by atoms with Gasteiger partial charge in [-0.3, -0.25) is 9.59 Å². The maximum absolute atomic E-state index is 12.7. The highest BCUT2D eigenvalue weighted by molar-refractivity contribution is 7.89. The number of benzene rings is 2. The smallest absolute Gasteiger partial charge is 0.240 e. The maximum atomic E-state index is 12.7. The second kappa shape index (κ2) is 9.40. The Kier molecular flexibility index (Phi) is 6.89. The molecule has 2 aromatic carbocycles. The number of likely N-dealkylation sites (tertiary alicyclic amines) is 1. The second-order valence-corrected chi connectivity index (χ2v) is 9.01. The van der Waals surface area contributed by atoms with Crippen molar-refractivity contribution in [2.45, 2.75) is 37.1 Å². The molecular weight excluding hydrogens is 404 g/mol. The predicted molar refractivity (Wildman–Crippen MR) is 113 cm³/mol. The lowest BCUT2D eigenvalue weighted by molar-refractivity contribution is -0.131. The molecule has 160 valence electrons. The van der Waals surface area contributed by atoms with E-state index in [-0.39, 0.29) is 35.6 Å². The molecule has 1 heterocycles. The standard InChI is InChI=1S/C22H26N2O5S/c1-16(25)17-7-11-20(12-8-17)30(27,28)23-14-13-22(26)24-15-3-4-21(24)18-5-9-19(29-2)10-6-18/h5-12,21,23H,3-4,13-15H2,1-2H3/t21-/m1/s1. The van der Waals surface area contributed by atoms with Crippen LogP contribution < -0.4 is 9.46 Å². The Balaban J connectivity index is 1.58. The fraction of sp³-hybridized carbons (Fsp3) is 0.364. The van der Waals surface area contributed by atoms with Gasteiger partial charge in [0.15, 0.2) is 5.78 Å². The Morgan fingerprint density at radius 1 is 1.10 bits per heavy atom. The van der Waals surface area contributed by atoms with Crippen molar-refractivity contribution in [3.8, 4) is 5.75 Å². The van der Waals surface area contributed by atoms with E-state index in [9.17, 15) is 18.0 Å². The van der Waals surface area contributed by atoms with Gasteiger partial charge in [0, 0.05) is 25.1 Å². The first-order valence-electron chi connectivity index (χ1n) is 9.86. The SMILES string of the molecule is COc1ccc([C@H]2CCCN2C(=O)CCNS(=O)(=O)c2ccc(C(C)=O)cc2)cc1. The first-order chi connectivity index (χ1) is 14.3. The number of amides is 1. The molecule has 0 saturated carbocycles. The Hall–Kier alpha value is -2.71. The monoisotopic (exact) mass is 430 g/mol. The molecule has 2 aromatic rings. The third-order valence-corrected chi connectivity index (χ3v) is 6.75. The summed E-state index contributed by atoms with van der Waals surface area (Å²) in [5, 5.41) is 0. The normalized spacial score (nSPS) is 16.5. The third kappa shape index (κ3) is 5.06. The maximum Gasteiger partial charge on any atom is 0.240 e. The number of hydrogen-bond acceptors (Lipinski definition) is 5. The number of nitrogens with one attached hydrogen (secondary N) is 1. The molecule has 0 radical (unpaired) electrons. The molecule has 0 unspecified atom stereocenters. The van der Waals surface area contributed by atoms with E-state index in [1.54, 1.807) is 7.11 Å². The van der Waals surface area contributed by atoms with Gasteiger partial charge in [-0.2, -0.15) is 0 Å². The molecular formula is C22H26N2O5S. The Labute approximate surface area is 177 Å². The minimum Gasteiger partial charge on any atom is -0.497 e. The largest absolute Gasteiger partial charge is 0.497 e. The van der Waals surface area contributed by atoms with Crippen molar-refractivity contribution in [3.63, 3.8) is 0 Å². The summed E-state index contributed by atoms with van der Waals surface area (Å²) >= 11 is 0. The van der Waals surface area contributed by atoms with Crippen molar-refractivity contribution in [2.24, 2.45) is 0 Å². The molecule has 0 aromatic heterocycles. The number of Topliss-reactive ketones (excluding diaryl/α,β-unsaturated/α-hetero) is 1. The lowest BCUT2D eigenvalue weighted by Gasteiger charge is -2.25. The first-order valence-corrected chi connectivity index (χ1v) is 11.3. The molecule has 1 aliphatic rings. The van der Waals surface area contributed by atoms with Crippen molar-refractivity contribution < 1.29 is 22.7 Å². The third-order valence-electron chi connectivity index (χ3n) is 5.28. The fourth-order valence-corrected chi connectivity index (χ4v) is 4.66. The molecule has 1 amide bonds. The average molecular weight is 431 g/mol. The predicted octanol–water partition coefficient (Wildman–Crippen LogP) is 2.93. The summed E-state index contributed by atoms with van der Waals surface area (Å²) in [7, 11) is -2.13. The van der Waals surface area contributed by atoms with E-state index in [0.717, 1.165) is 24.2 Å². The van der Waals surface area contributed by atoms with E-state index in [1.165, 1.54) is 31.2 Å². The number of nitrogens with zero attached hydrogens (tertiary/aromatic N) is 1. The quantitative estimate of drug-likeness (QED) is 0.650. The number of sulfonamides is 1. The highest BCUT2D eigenvalue weighted by Gasteiger charge is 2.29. The van der Waals surface area contributed by atoms with Crippen LogP contribution in [-0.2, 0) is 14.8 Å². The molecule has 0 bridgehead atoms. The van der Waals surface area contributed by atoms with Gasteiger partial charge >= 0.3 is 0 Å². The van der Waals surface area contributed by atoms with Gasteiger partial charge in [0.05, 0.1) is 18.0 Å². The van der Waals surface area contributed by atoms with Gasteiger partial charge in [0.25, 0.3) is 0 Å². The Morgan fingerprint density at radius 3 is 2.37 bits per heavy atom. The number of hydrogen-bond donors (Lipinski definition) is 1. The van der Waals surface area contributed by atoms with Gasteiger partial charge in [-0.1, -0.05) is 24.3 Å². The van der Waals surface area contributed by atoms with Crippen molar-refractivity contribution in [2.75, 3.05) is 20.2 Å². The van der Waals surface area contributed by atoms with E-state index in [1.807, 2.05) is 29.2 Å². The fourth-order valence-electron chi connectivity index (χ4n) is 3.63. The topological polar surface area (TPSA) is 92.8 Å². The summed E-state index contributed by atoms with van der Waals surface area (Å²) in [6.45, 7) is 2.10. The van der Waals surface area contributed by atoms with Crippen LogP contribution >= 0.6 is 0 Å². The van der Waals surface area contributed by atoms with E-state index in [4.69, 9.17) is 4.74 Å². The van der Waals surface area contributed by atoms with Crippen LogP contribution in [0.5, 0.6) is 5.75 Å². The van der Waals surface area contributed by atoms with E-state index in [2.05, 4.69) is 4.72 Å². The summed E-state index contributed by atoms with van der Waals surface area (Å²) in [6, 6.07) is 13.4. The zero-order chi connectivity index (χ0) is 21.7. The van der Waals surface area contributed by atoms with E-state index < -0.39 is 10.0 Å². The van der Waals surface area contributed by atoms with Crippen LogP contribution in [0, 0.1) is 0 Å². The van der Waals surface area contributed by atoms with Crippen molar-refractivity contribution >= 4 is 21.7 Å². The number of ether oxygens (including phenoxy) is 1. The van der Waals surface area contributed by atoms with Crippen LogP contribution in [0.25, 0.3) is 0 Å². The second-order valence-electron chi connectivity index (χ2n) is 7.25. The zero-order valence-corrected chi connectivity index (χ0v) is 17.9. The minimum atomic E-state index is -3.74. The molecule has 1 atom stereocenters. The zero-order valence-electron chi connectivity index (χ0n) is 17.1. The molecule has 1 N–H and O–H groups in total. The Morgan fingerprint density at radius 2 is 1.77 bits per heavy atom. The molecule has 30 heavy (non-hydrogen) atoms. The highest BCUT2D eigenvalue weighted by Crippen LogP contribution is 2.33. The summed E-state index contributed by atoms with van der Waals surface area (Å²) in [4.78, 5) is 25.9. The van der Waals surface area contributed by atoms with Gasteiger partial charge in [0.1, 0.15) is 5.75 Å².